The first-order valence-corrected chi connectivity index (χ1v) is 6.79. The van der Waals surface area contributed by atoms with Gasteiger partial charge in [0.15, 0.2) is 0 Å². The molecule has 0 aliphatic rings. The van der Waals surface area contributed by atoms with Gasteiger partial charge in [0.2, 0.25) is 0 Å². The lowest BCUT2D eigenvalue weighted by atomic mass is 9.87. The molecular formula is C11H3ClF12S. The van der Waals surface area contributed by atoms with Crippen LogP contribution < -0.4 is 0 Å². The van der Waals surface area contributed by atoms with Crippen LogP contribution in [0.4, 0.5) is 52.7 Å². The molecule has 0 amide bonds. The van der Waals surface area contributed by atoms with Gasteiger partial charge in [-0.1, -0.05) is 11.6 Å². The summed E-state index contributed by atoms with van der Waals surface area (Å²) in [6.45, 7) is 0. The fourth-order valence-electron chi connectivity index (χ4n) is 1.67. The molecule has 0 fully saturated rings. The highest BCUT2D eigenvalue weighted by Crippen LogP contribution is 2.58. The molecule has 0 radical (unpaired) electrons. The molecule has 14 heteroatoms. The van der Waals surface area contributed by atoms with E-state index in [1.807, 2.05) is 0 Å². The minimum absolute atomic E-state index is 0.255. The van der Waals surface area contributed by atoms with Crippen LogP contribution in [0.2, 0.25) is 5.02 Å². The second kappa shape index (κ2) is 6.32. The molecule has 1 atom stereocenters. The highest BCUT2D eigenvalue weighted by molar-refractivity contribution is 8.00. The van der Waals surface area contributed by atoms with Crippen LogP contribution >= 0.6 is 23.4 Å². The van der Waals surface area contributed by atoms with E-state index < -0.39 is 62.8 Å². The number of hydrogen-bond donors (Lipinski definition) is 0. The third-order valence-electron chi connectivity index (χ3n) is 2.68. The minimum Gasteiger partial charge on any atom is -0.221 e. The van der Waals surface area contributed by atoms with E-state index in [0.29, 0.717) is 6.07 Å². The summed E-state index contributed by atoms with van der Waals surface area (Å²) < 4.78 is 153. The van der Waals surface area contributed by atoms with Crippen molar-refractivity contribution in [2.75, 3.05) is 0 Å². The first-order valence-electron chi connectivity index (χ1n) is 5.60. The Balaban J connectivity index is 3.70. The topological polar surface area (TPSA) is 0 Å². The molecule has 0 aliphatic carbocycles. The van der Waals surface area contributed by atoms with Crippen molar-refractivity contribution in [3.63, 3.8) is 0 Å². The molecule has 0 saturated heterocycles. The van der Waals surface area contributed by atoms with Crippen LogP contribution in [0.15, 0.2) is 23.1 Å². The van der Waals surface area contributed by atoms with Gasteiger partial charge in [-0.25, -0.2) is 4.39 Å². The Morgan fingerprint density at radius 2 is 1.16 bits per heavy atom. The normalized spacial score (nSPS) is 16.7. The Hall–Kier alpha value is -0.980. The maximum atomic E-state index is 14.2. The highest BCUT2D eigenvalue weighted by Gasteiger charge is 2.81. The average Bonchev–Trinajstić information content (AvgIpc) is 2.31. The van der Waals surface area contributed by atoms with Crippen molar-refractivity contribution in [1.82, 2.24) is 0 Å². The van der Waals surface area contributed by atoms with Crippen molar-refractivity contribution < 1.29 is 52.7 Å². The van der Waals surface area contributed by atoms with Gasteiger partial charge in [0.1, 0.15) is 0 Å². The largest absolute Gasteiger partial charge is 0.457 e. The molecule has 1 aromatic rings. The second-order valence-corrected chi connectivity index (χ2v) is 6.03. The van der Waals surface area contributed by atoms with Gasteiger partial charge in [-0.05, 0) is 30.0 Å². The molecule has 0 saturated carbocycles. The predicted molar refractivity (Wildman–Crippen MR) is 63.2 cm³/mol. The van der Waals surface area contributed by atoms with Gasteiger partial charge in [0.05, 0.1) is 0 Å². The predicted octanol–water partition coefficient (Wildman–Crippen LogP) is 6.88. The van der Waals surface area contributed by atoms with E-state index in [2.05, 4.69) is 0 Å². The molecule has 0 aromatic heterocycles. The van der Waals surface area contributed by atoms with Crippen LogP contribution in [-0.4, -0.2) is 23.8 Å². The van der Waals surface area contributed by atoms with E-state index in [-0.39, 0.29) is 6.07 Å². The Kier molecular flexibility index (Phi) is 5.58. The standard InChI is InChI=1S/C11H3ClF12S/c12-5-1-4(2-6(3-5)25-11(22,23)24)7(13,9(16,17)18)8(14,15)10(19,20)21/h1-3H. The third-order valence-corrected chi connectivity index (χ3v) is 3.60. The Bertz CT molecular complexity index is 631. The van der Waals surface area contributed by atoms with E-state index in [1.165, 1.54) is 0 Å². The second-order valence-electron chi connectivity index (χ2n) is 4.45. The summed E-state index contributed by atoms with van der Waals surface area (Å²) in [5, 5.41) is -1.10. The summed E-state index contributed by atoms with van der Waals surface area (Å²) >= 11 is 3.99. The summed E-state index contributed by atoms with van der Waals surface area (Å²) in [5.41, 5.74) is -13.9. The first kappa shape index (κ1) is 22.1. The van der Waals surface area contributed by atoms with Crippen molar-refractivity contribution in [2.24, 2.45) is 0 Å². The summed E-state index contributed by atoms with van der Waals surface area (Å²) in [6.07, 6.45) is -13.8. The van der Waals surface area contributed by atoms with Gasteiger partial charge in [0, 0.05) is 15.5 Å². The highest BCUT2D eigenvalue weighted by atomic mass is 35.5. The SMILES string of the molecule is FC(F)(F)Sc1cc(Cl)cc(C(F)(C(F)(F)F)C(F)(F)C(F)(F)F)c1. The summed E-state index contributed by atoms with van der Waals surface area (Å²) in [5.74, 6) is -7.00. The van der Waals surface area contributed by atoms with Crippen LogP contribution in [0.1, 0.15) is 5.56 Å². The van der Waals surface area contributed by atoms with Crippen LogP contribution in [-0.2, 0) is 5.67 Å². The smallest absolute Gasteiger partial charge is 0.221 e. The quantitative estimate of drug-likeness (QED) is 0.372. The molecule has 25 heavy (non-hydrogen) atoms. The van der Waals surface area contributed by atoms with Gasteiger partial charge >= 0.3 is 29.5 Å². The van der Waals surface area contributed by atoms with Crippen LogP contribution in [0.25, 0.3) is 0 Å². The molecule has 0 bridgehead atoms. The van der Waals surface area contributed by atoms with Crippen molar-refractivity contribution in [2.45, 2.75) is 34.3 Å². The van der Waals surface area contributed by atoms with Crippen molar-refractivity contribution in [3.8, 4) is 0 Å². The number of thioether (sulfide) groups is 1. The van der Waals surface area contributed by atoms with Crippen LogP contribution in [0, 0.1) is 0 Å². The molecule has 144 valence electrons. The van der Waals surface area contributed by atoms with E-state index in [0.717, 1.165) is 0 Å². The molecule has 1 aromatic carbocycles. The zero-order valence-electron chi connectivity index (χ0n) is 11.1. The van der Waals surface area contributed by atoms with Gasteiger partial charge in [-0.3, -0.25) is 0 Å². The molecule has 1 unspecified atom stereocenters. The number of hydrogen-bond acceptors (Lipinski definition) is 1. The number of halogens is 13. The molecule has 0 aliphatic heterocycles. The summed E-state index contributed by atoms with van der Waals surface area (Å²) in [6, 6.07) is -0.349. The fourth-order valence-corrected chi connectivity index (χ4v) is 2.61. The summed E-state index contributed by atoms with van der Waals surface area (Å²) in [7, 11) is 0. The number of benzene rings is 1. The lowest BCUT2D eigenvalue weighted by Crippen LogP contribution is -2.59. The zero-order chi connectivity index (χ0) is 20.1. The van der Waals surface area contributed by atoms with Crippen molar-refractivity contribution in [3.05, 3.63) is 28.8 Å². The van der Waals surface area contributed by atoms with Crippen molar-refractivity contribution >= 4 is 23.4 Å². The third kappa shape index (κ3) is 4.23. The van der Waals surface area contributed by atoms with Gasteiger partial charge < -0.3 is 0 Å². The lowest BCUT2D eigenvalue weighted by molar-refractivity contribution is -0.389. The van der Waals surface area contributed by atoms with Crippen LogP contribution in [0.3, 0.4) is 0 Å². The maximum absolute atomic E-state index is 14.2. The molecule has 0 heterocycles. The minimum atomic E-state index is -7.00. The number of alkyl halides is 12. The van der Waals surface area contributed by atoms with E-state index in [1.54, 1.807) is 0 Å². The van der Waals surface area contributed by atoms with Gasteiger partial charge in [-0.15, -0.1) is 0 Å². The fraction of sp³-hybridized carbons (Fsp3) is 0.455. The summed E-state index contributed by atoms with van der Waals surface area (Å²) in [4.78, 5) is -1.31. The number of rotatable bonds is 3. The average molecular weight is 431 g/mol. The van der Waals surface area contributed by atoms with Crippen LogP contribution in [0.5, 0.6) is 0 Å². The Morgan fingerprint density at radius 1 is 0.680 bits per heavy atom. The maximum Gasteiger partial charge on any atom is 0.457 e. The van der Waals surface area contributed by atoms with E-state index in [4.69, 9.17) is 11.6 Å². The Morgan fingerprint density at radius 3 is 1.52 bits per heavy atom. The zero-order valence-corrected chi connectivity index (χ0v) is 12.6. The molecular weight excluding hydrogens is 428 g/mol. The lowest BCUT2D eigenvalue weighted by Gasteiger charge is -2.36. The van der Waals surface area contributed by atoms with E-state index in [9.17, 15) is 52.7 Å². The Labute approximate surface area is 140 Å². The molecule has 0 nitrogen and oxygen atoms in total. The molecule has 1 rings (SSSR count). The van der Waals surface area contributed by atoms with E-state index >= 15 is 0 Å². The molecule has 0 spiro atoms. The molecule has 0 N–H and O–H groups in total. The monoisotopic (exact) mass is 430 g/mol. The first-order chi connectivity index (χ1) is 10.8. The van der Waals surface area contributed by atoms with Gasteiger partial charge in [0.25, 0.3) is 0 Å². The van der Waals surface area contributed by atoms with Gasteiger partial charge in [-0.2, -0.15) is 48.3 Å². The van der Waals surface area contributed by atoms with Crippen molar-refractivity contribution in [1.29, 1.82) is 0 Å².